The number of carbonyl (C=O) groups is 2. The fourth-order valence-corrected chi connectivity index (χ4v) is 1.41. The van der Waals surface area contributed by atoms with Gasteiger partial charge in [-0.05, 0) is 19.3 Å². The maximum Gasteiger partial charge on any atom is 0.389 e. The fraction of sp³-hybridized carbons (Fsp3) is 0.818. The van der Waals surface area contributed by atoms with Crippen molar-refractivity contribution in [3.63, 3.8) is 0 Å². The van der Waals surface area contributed by atoms with Gasteiger partial charge in [0.15, 0.2) is 0 Å². The molecule has 0 unspecified atom stereocenters. The van der Waals surface area contributed by atoms with Gasteiger partial charge < -0.3 is 15.7 Å². The molecule has 5 nitrogen and oxygen atoms in total. The highest BCUT2D eigenvalue weighted by atomic mass is 19.4. The molecule has 0 bridgehead atoms. The summed E-state index contributed by atoms with van der Waals surface area (Å²) in [5, 5.41) is 13.4. The molecule has 0 aliphatic carbocycles. The predicted octanol–water partition coefficient (Wildman–Crippen LogP) is 2.27. The first-order valence-corrected chi connectivity index (χ1v) is 6.10. The van der Waals surface area contributed by atoms with Crippen LogP contribution in [0.5, 0.6) is 0 Å². The Balaban J connectivity index is 3.77. The van der Waals surface area contributed by atoms with Gasteiger partial charge in [0.1, 0.15) is 6.04 Å². The highest BCUT2D eigenvalue weighted by Gasteiger charge is 2.25. The summed E-state index contributed by atoms with van der Waals surface area (Å²) in [5.74, 6) is -1.13. The molecule has 0 aromatic rings. The fourth-order valence-electron chi connectivity index (χ4n) is 1.41. The molecule has 8 heteroatoms. The van der Waals surface area contributed by atoms with Crippen LogP contribution in [0.4, 0.5) is 18.0 Å². The van der Waals surface area contributed by atoms with Crippen LogP contribution in [0.25, 0.3) is 0 Å². The van der Waals surface area contributed by atoms with Gasteiger partial charge in [0, 0.05) is 13.0 Å². The van der Waals surface area contributed by atoms with Crippen LogP contribution in [0, 0.1) is 0 Å². The van der Waals surface area contributed by atoms with Gasteiger partial charge in [0.2, 0.25) is 0 Å². The second-order valence-corrected chi connectivity index (χ2v) is 4.15. The third-order valence-electron chi connectivity index (χ3n) is 2.35. The molecule has 0 saturated carbocycles. The number of hydrogen-bond acceptors (Lipinski definition) is 2. The first-order chi connectivity index (χ1) is 8.76. The summed E-state index contributed by atoms with van der Waals surface area (Å²) >= 11 is 0. The lowest BCUT2D eigenvalue weighted by Crippen LogP contribution is -2.46. The highest BCUT2D eigenvalue weighted by molar-refractivity contribution is 5.82. The van der Waals surface area contributed by atoms with Crippen LogP contribution in [0.2, 0.25) is 0 Å². The molecule has 0 spiro atoms. The Morgan fingerprint density at radius 3 is 2.37 bits per heavy atom. The molecule has 0 fully saturated rings. The van der Waals surface area contributed by atoms with Gasteiger partial charge in [-0.1, -0.05) is 13.3 Å². The number of unbranched alkanes of at least 4 members (excludes halogenated alkanes) is 1. The molecule has 19 heavy (non-hydrogen) atoms. The highest BCUT2D eigenvalue weighted by Crippen LogP contribution is 2.21. The van der Waals surface area contributed by atoms with Crippen LogP contribution in [0.15, 0.2) is 0 Å². The summed E-state index contributed by atoms with van der Waals surface area (Å²) in [7, 11) is 0. The number of carboxylic acids is 1. The largest absolute Gasteiger partial charge is 0.480 e. The van der Waals surface area contributed by atoms with Crippen LogP contribution in [-0.4, -0.2) is 35.9 Å². The minimum Gasteiger partial charge on any atom is -0.480 e. The zero-order chi connectivity index (χ0) is 14.9. The first-order valence-electron chi connectivity index (χ1n) is 6.10. The first kappa shape index (κ1) is 17.5. The minimum absolute atomic E-state index is 0.0684. The van der Waals surface area contributed by atoms with E-state index in [1.807, 2.05) is 0 Å². The second-order valence-electron chi connectivity index (χ2n) is 4.15. The van der Waals surface area contributed by atoms with Gasteiger partial charge in [-0.2, -0.15) is 13.2 Å². The van der Waals surface area contributed by atoms with Crippen LogP contribution in [0.3, 0.4) is 0 Å². The number of carboxylic acid groups (broad SMARTS) is 1. The summed E-state index contributed by atoms with van der Waals surface area (Å²) in [6.07, 6.45) is -4.04. The van der Waals surface area contributed by atoms with Crippen molar-refractivity contribution in [2.75, 3.05) is 6.54 Å². The van der Waals surface area contributed by atoms with E-state index >= 15 is 0 Å². The molecular formula is C11H19F3N2O3. The van der Waals surface area contributed by atoms with E-state index in [4.69, 9.17) is 5.11 Å². The summed E-state index contributed by atoms with van der Waals surface area (Å²) < 4.78 is 35.5. The molecule has 0 aliphatic rings. The van der Waals surface area contributed by atoms with Crippen LogP contribution in [-0.2, 0) is 4.79 Å². The van der Waals surface area contributed by atoms with Gasteiger partial charge in [0.05, 0.1) is 0 Å². The molecule has 112 valence electrons. The SMILES string of the molecule is CCC[C@@H](NC(=O)NCCCCC(F)(F)F)C(=O)O. The number of aliphatic carboxylic acids is 1. The smallest absolute Gasteiger partial charge is 0.389 e. The molecule has 2 amide bonds. The number of nitrogens with one attached hydrogen (secondary N) is 2. The van der Waals surface area contributed by atoms with Gasteiger partial charge in [-0.3, -0.25) is 0 Å². The summed E-state index contributed by atoms with van der Waals surface area (Å²) in [6.45, 7) is 1.87. The molecule has 0 heterocycles. The number of rotatable bonds is 8. The van der Waals surface area contributed by atoms with E-state index in [1.54, 1.807) is 6.92 Å². The van der Waals surface area contributed by atoms with E-state index in [-0.39, 0.29) is 19.4 Å². The standard InChI is InChI=1S/C11H19F3N2O3/c1-2-5-8(9(17)18)16-10(19)15-7-4-3-6-11(12,13)14/h8H,2-7H2,1H3,(H,17,18)(H2,15,16,19)/t8-/m1/s1. The zero-order valence-corrected chi connectivity index (χ0v) is 10.7. The van der Waals surface area contributed by atoms with Crippen LogP contribution in [0.1, 0.15) is 39.0 Å². The topological polar surface area (TPSA) is 78.4 Å². The average Bonchev–Trinajstić information content (AvgIpc) is 2.26. The van der Waals surface area contributed by atoms with E-state index < -0.39 is 30.6 Å². The van der Waals surface area contributed by atoms with Crippen molar-refractivity contribution in [2.45, 2.75) is 51.2 Å². The number of amides is 2. The van der Waals surface area contributed by atoms with Gasteiger partial charge in [-0.25, -0.2) is 9.59 Å². The minimum atomic E-state index is -4.18. The Kier molecular flexibility index (Phi) is 7.94. The molecule has 0 aliphatic heterocycles. The Bertz CT molecular complexity index is 295. The second kappa shape index (κ2) is 8.60. The monoisotopic (exact) mass is 284 g/mol. The Hall–Kier alpha value is -1.47. The molecule has 0 aromatic heterocycles. The van der Waals surface area contributed by atoms with Crippen molar-refractivity contribution in [3.8, 4) is 0 Å². The molecule has 0 saturated heterocycles. The third-order valence-corrected chi connectivity index (χ3v) is 2.35. The van der Waals surface area contributed by atoms with Gasteiger partial charge in [0.25, 0.3) is 0 Å². The maximum absolute atomic E-state index is 11.8. The molecule has 0 aromatic carbocycles. The van der Waals surface area contributed by atoms with E-state index in [2.05, 4.69) is 10.6 Å². The molecular weight excluding hydrogens is 265 g/mol. The quantitative estimate of drug-likeness (QED) is 0.598. The van der Waals surface area contributed by atoms with E-state index in [0.717, 1.165) is 0 Å². The number of urea groups is 1. The van der Waals surface area contributed by atoms with Crippen LogP contribution >= 0.6 is 0 Å². The normalized spacial score (nSPS) is 12.8. The van der Waals surface area contributed by atoms with Crippen molar-refractivity contribution in [1.29, 1.82) is 0 Å². The average molecular weight is 284 g/mol. The van der Waals surface area contributed by atoms with E-state index in [0.29, 0.717) is 12.8 Å². The molecule has 0 rings (SSSR count). The summed E-state index contributed by atoms with van der Waals surface area (Å²) in [4.78, 5) is 22.0. The Morgan fingerprint density at radius 1 is 1.26 bits per heavy atom. The Labute approximate surface area is 109 Å². The molecule has 3 N–H and O–H groups in total. The molecule has 0 radical (unpaired) electrons. The number of halogens is 3. The lowest BCUT2D eigenvalue weighted by molar-refractivity contribution is -0.139. The zero-order valence-electron chi connectivity index (χ0n) is 10.7. The van der Waals surface area contributed by atoms with Crippen LogP contribution < -0.4 is 10.6 Å². The van der Waals surface area contributed by atoms with Crippen molar-refractivity contribution in [2.24, 2.45) is 0 Å². The predicted molar refractivity (Wildman–Crippen MR) is 62.8 cm³/mol. The number of alkyl halides is 3. The number of hydrogen-bond donors (Lipinski definition) is 3. The van der Waals surface area contributed by atoms with E-state index in [1.165, 1.54) is 0 Å². The van der Waals surface area contributed by atoms with Crippen molar-refractivity contribution >= 4 is 12.0 Å². The summed E-state index contributed by atoms with van der Waals surface area (Å²) in [5.41, 5.74) is 0. The van der Waals surface area contributed by atoms with E-state index in [9.17, 15) is 22.8 Å². The lowest BCUT2D eigenvalue weighted by atomic mass is 10.2. The van der Waals surface area contributed by atoms with Crippen molar-refractivity contribution < 1.29 is 27.9 Å². The maximum atomic E-state index is 11.8. The van der Waals surface area contributed by atoms with Crippen molar-refractivity contribution in [3.05, 3.63) is 0 Å². The molecule has 1 atom stereocenters. The van der Waals surface area contributed by atoms with Crippen molar-refractivity contribution in [1.82, 2.24) is 10.6 Å². The Morgan fingerprint density at radius 2 is 1.89 bits per heavy atom. The number of carbonyl (C=O) groups excluding carboxylic acids is 1. The van der Waals surface area contributed by atoms with Gasteiger partial charge in [-0.15, -0.1) is 0 Å². The lowest BCUT2D eigenvalue weighted by Gasteiger charge is -2.14. The summed E-state index contributed by atoms with van der Waals surface area (Å²) in [6, 6.07) is -1.65. The van der Waals surface area contributed by atoms with Gasteiger partial charge >= 0.3 is 18.2 Å². The third kappa shape index (κ3) is 10.2.